The predicted molar refractivity (Wildman–Crippen MR) is 58.0 cm³/mol. The molecule has 1 nitrogen and oxygen atoms in total. The molecule has 14 heavy (non-hydrogen) atoms. The first kappa shape index (κ1) is 8.49. The van der Waals surface area contributed by atoms with Gasteiger partial charge in [-0.15, -0.1) is 0 Å². The Bertz CT molecular complexity index is 330. The van der Waals surface area contributed by atoms with Gasteiger partial charge in [0.05, 0.1) is 0 Å². The van der Waals surface area contributed by atoms with Gasteiger partial charge < -0.3 is 0 Å². The molecule has 1 saturated carbocycles. The maximum Gasteiger partial charge on any atom is 0.0239 e. The van der Waals surface area contributed by atoms with Crippen molar-refractivity contribution in [2.24, 2.45) is 5.92 Å². The minimum Gasteiger partial charge on any atom is -0.293 e. The van der Waals surface area contributed by atoms with Crippen LogP contribution < -0.4 is 0 Å². The normalized spacial score (nSPS) is 35.6. The van der Waals surface area contributed by atoms with Crippen LogP contribution >= 0.6 is 0 Å². The van der Waals surface area contributed by atoms with E-state index in [1.54, 1.807) is 0 Å². The highest BCUT2D eigenvalue weighted by atomic mass is 15.3. The fourth-order valence-electron chi connectivity index (χ4n) is 2.87. The van der Waals surface area contributed by atoms with Crippen LogP contribution in [0.2, 0.25) is 0 Å². The van der Waals surface area contributed by atoms with Gasteiger partial charge in [-0.2, -0.15) is 0 Å². The Morgan fingerprint density at radius 3 is 2.71 bits per heavy atom. The number of hydrogen-bond donors (Lipinski definition) is 0. The van der Waals surface area contributed by atoms with Gasteiger partial charge in [0.2, 0.25) is 0 Å². The lowest BCUT2D eigenvalue weighted by Gasteiger charge is -2.24. The third-order valence-corrected chi connectivity index (χ3v) is 4.07. The van der Waals surface area contributed by atoms with E-state index in [0.717, 1.165) is 12.5 Å². The maximum atomic E-state index is 2.66. The van der Waals surface area contributed by atoms with Crippen LogP contribution in [0.15, 0.2) is 30.3 Å². The van der Waals surface area contributed by atoms with E-state index >= 15 is 0 Å². The van der Waals surface area contributed by atoms with Gasteiger partial charge in [-0.1, -0.05) is 30.3 Å². The fraction of sp³-hybridized carbons (Fsp3) is 0.538. The maximum absolute atomic E-state index is 2.66. The molecule has 1 aromatic rings. The lowest BCUT2D eigenvalue weighted by Crippen LogP contribution is -2.31. The Hall–Kier alpha value is -0.820. The summed E-state index contributed by atoms with van der Waals surface area (Å²) in [6, 6.07) is 10.8. The minimum absolute atomic E-state index is 0.565. The van der Waals surface area contributed by atoms with Gasteiger partial charge in [-0.25, -0.2) is 0 Å². The molecule has 1 aromatic carbocycles. The Kier molecular flexibility index (Phi) is 1.72. The molecular weight excluding hydrogens is 170 g/mol. The number of piperidine rings is 1. The van der Waals surface area contributed by atoms with E-state index in [2.05, 4.69) is 42.2 Å². The molecule has 1 aliphatic heterocycles. The fourth-order valence-corrected chi connectivity index (χ4v) is 2.87. The summed E-state index contributed by atoms with van der Waals surface area (Å²) in [5.41, 5.74) is 2.02. The van der Waals surface area contributed by atoms with Crippen molar-refractivity contribution in [2.45, 2.75) is 31.8 Å². The Balaban J connectivity index is 1.74. The van der Waals surface area contributed by atoms with Crippen molar-refractivity contribution in [3.05, 3.63) is 35.9 Å². The van der Waals surface area contributed by atoms with E-state index in [1.807, 2.05) is 0 Å². The van der Waals surface area contributed by atoms with Gasteiger partial charge in [0.1, 0.15) is 0 Å². The van der Waals surface area contributed by atoms with E-state index in [4.69, 9.17) is 0 Å². The highest BCUT2D eigenvalue weighted by Crippen LogP contribution is 2.55. The molecule has 2 aliphatic rings. The Labute approximate surface area is 85.7 Å². The minimum atomic E-state index is 0.565. The molecule has 0 bridgehead atoms. The molecule has 74 valence electrons. The molecule has 3 rings (SSSR count). The highest BCUT2D eigenvalue weighted by Gasteiger charge is 2.57. The zero-order valence-corrected chi connectivity index (χ0v) is 8.74. The standard InChI is InChI=1S/C13H17N/c1-13-9-12(13)7-8-14(13)10-11-5-3-2-4-6-11/h2-6,12H,7-10H2,1H3. The second-order valence-electron chi connectivity index (χ2n) is 4.95. The number of hydrogen-bond acceptors (Lipinski definition) is 1. The summed E-state index contributed by atoms with van der Waals surface area (Å²) in [5.74, 6) is 1.01. The van der Waals surface area contributed by atoms with Crippen LogP contribution in [-0.4, -0.2) is 17.0 Å². The molecule has 1 heterocycles. The van der Waals surface area contributed by atoms with Crippen molar-refractivity contribution in [1.82, 2.24) is 4.90 Å². The Morgan fingerprint density at radius 2 is 2.14 bits per heavy atom. The lowest BCUT2D eigenvalue weighted by atomic mass is 10.2. The molecule has 0 N–H and O–H groups in total. The van der Waals surface area contributed by atoms with E-state index in [1.165, 1.54) is 24.9 Å². The summed E-state index contributed by atoms with van der Waals surface area (Å²) in [6.45, 7) is 4.87. The smallest absolute Gasteiger partial charge is 0.0239 e. The van der Waals surface area contributed by atoms with Gasteiger partial charge >= 0.3 is 0 Å². The average molecular weight is 187 g/mol. The zero-order chi connectivity index (χ0) is 9.60. The van der Waals surface area contributed by atoms with Crippen molar-refractivity contribution in [3.63, 3.8) is 0 Å². The van der Waals surface area contributed by atoms with Gasteiger partial charge in [0.15, 0.2) is 0 Å². The molecular formula is C13H17N. The average Bonchev–Trinajstić information content (AvgIpc) is 2.79. The summed E-state index contributed by atoms with van der Waals surface area (Å²) in [4.78, 5) is 2.66. The van der Waals surface area contributed by atoms with Crippen LogP contribution in [-0.2, 0) is 6.54 Å². The van der Waals surface area contributed by atoms with Crippen LogP contribution in [0.4, 0.5) is 0 Å². The van der Waals surface area contributed by atoms with Crippen LogP contribution in [0.1, 0.15) is 25.3 Å². The van der Waals surface area contributed by atoms with E-state index < -0.39 is 0 Å². The predicted octanol–water partition coefficient (Wildman–Crippen LogP) is 2.67. The van der Waals surface area contributed by atoms with Gasteiger partial charge in [-0.3, -0.25) is 4.90 Å². The third kappa shape index (κ3) is 1.19. The molecule has 0 spiro atoms. The van der Waals surface area contributed by atoms with E-state index in [-0.39, 0.29) is 0 Å². The van der Waals surface area contributed by atoms with Crippen molar-refractivity contribution < 1.29 is 0 Å². The van der Waals surface area contributed by atoms with Crippen LogP contribution in [0.3, 0.4) is 0 Å². The third-order valence-electron chi connectivity index (χ3n) is 4.07. The molecule has 1 heteroatoms. The van der Waals surface area contributed by atoms with E-state index in [0.29, 0.717) is 5.54 Å². The molecule has 2 unspecified atom stereocenters. The number of rotatable bonds is 2. The molecule has 0 aromatic heterocycles. The molecule has 2 fully saturated rings. The topological polar surface area (TPSA) is 3.24 Å². The number of benzene rings is 1. The quantitative estimate of drug-likeness (QED) is 0.688. The van der Waals surface area contributed by atoms with Crippen molar-refractivity contribution >= 4 is 0 Å². The SMILES string of the molecule is CC12CC1CCN2Cc1ccccc1. The van der Waals surface area contributed by atoms with Gasteiger partial charge in [-0.05, 0) is 37.8 Å². The zero-order valence-electron chi connectivity index (χ0n) is 8.74. The first-order valence-electron chi connectivity index (χ1n) is 5.58. The largest absolute Gasteiger partial charge is 0.293 e. The summed E-state index contributed by atoms with van der Waals surface area (Å²) >= 11 is 0. The lowest BCUT2D eigenvalue weighted by molar-refractivity contribution is 0.217. The molecule has 0 radical (unpaired) electrons. The highest BCUT2D eigenvalue weighted by molar-refractivity contribution is 5.19. The molecule has 1 aliphatic carbocycles. The second kappa shape index (κ2) is 2.83. The van der Waals surface area contributed by atoms with Crippen molar-refractivity contribution in [1.29, 1.82) is 0 Å². The van der Waals surface area contributed by atoms with Crippen LogP contribution in [0.5, 0.6) is 0 Å². The Morgan fingerprint density at radius 1 is 1.36 bits per heavy atom. The van der Waals surface area contributed by atoms with Gasteiger partial charge in [0.25, 0.3) is 0 Å². The van der Waals surface area contributed by atoms with Crippen molar-refractivity contribution in [2.75, 3.05) is 6.54 Å². The monoisotopic (exact) mass is 187 g/mol. The van der Waals surface area contributed by atoms with E-state index in [9.17, 15) is 0 Å². The summed E-state index contributed by atoms with van der Waals surface area (Å²) in [5, 5.41) is 0. The van der Waals surface area contributed by atoms with Crippen LogP contribution in [0, 0.1) is 5.92 Å². The second-order valence-corrected chi connectivity index (χ2v) is 4.95. The number of nitrogens with zero attached hydrogens (tertiary/aromatic N) is 1. The van der Waals surface area contributed by atoms with Crippen LogP contribution in [0.25, 0.3) is 0 Å². The number of fused-ring (bicyclic) bond motifs is 1. The van der Waals surface area contributed by atoms with Crippen molar-refractivity contribution in [3.8, 4) is 0 Å². The van der Waals surface area contributed by atoms with Gasteiger partial charge in [0, 0.05) is 12.1 Å². The number of likely N-dealkylation sites (tertiary alicyclic amines) is 1. The molecule has 0 amide bonds. The molecule has 2 atom stereocenters. The first-order chi connectivity index (χ1) is 6.79. The molecule has 1 saturated heterocycles. The summed E-state index contributed by atoms with van der Waals surface area (Å²) in [7, 11) is 0. The first-order valence-corrected chi connectivity index (χ1v) is 5.58. The summed E-state index contributed by atoms with van der Waals surface area (Å²) in [6.07, 6.45) is 2.85. The summed E-state index contributed by atoms with van der Waals surface area (Å²) < 4.78 is 0.